The molecule has 0 aliphatic carbocycles. The minimum absolute atomic E-state index is 0.217. The van der Waals surface area contributed by atoms with Crippen molar-refractivity contribution in [2.45, 2.75) is 26.1 Å². The third kappa shape index (κ3) is 2.68. The first-order valence-electron chi connectivity index (χ1n) is 6.56. The molecular formula is C14H15Cl2N3O. The van der Waals surface area contributed by atoms with E-state index < -0.39 is 0 Å². The highest BCUT2D eigenvalue weighted by Gasteiger charge is 2.22. The molecule has 1 fully saturated rings. The van der Waals surface area contributed by atoms with E-state index in [1.54, 1.807) is 0 Å². The van der Waals surface area contributed by atoms with Gasteiger partial charge in [0.2, 0.25) is 0 Å². The number of fused-ring (bicyclic) bond motifs is 1. The third-order valence-electron chi connectivity index (χ3n) is 3.35. The lowest BCUT2D eigenvalue weighted by Crippen LogP contribution is -2.45. The number of rotatable bonds is 1. The van der Waals surface area contributed by atoms with E-state index in [1.807, 2.05) is 18.2 Å². The van der Waals surface area contributed by atoms with Gasteiger partial charge in [0.15, 0.2) is 10.3 Å². The summed E-state index contributed by atoms with van der Waals surface area (Å²) in [4.78, 5) is 10.8. The summed E-state index contributed by atoms with van der Waals surface area (Å²) in [7, 11) is 0. The van der Waals surface area contributed by atoms with Gasteiger partial charge in [-0.05, 0) is 32.0 Å². The fourth-order valence-corrected chi connectivity index (χ4v) is 2.85. The Bertz CT molecular complexity index is 640. The molecule has 1 saturated heterocycles. The van der Waals surface area contributed by atoms with Crippen molar-refractivity contribution in [3.63, 3.8) is 0 Å². The Balaban J connectivity index is 1.98. The lowest BCUT2D eigenvalue weighted by molar-refractivity contribution is -0.00521. The van der Waals surface area contributed by atoms with Crippen LogP contribution < -0.4 is 4.90 Å². The average Bonchev–Trinajstić information content (AvgIpc) is 2.38. The molecule has 1 aromatic carbocycles. The Hall–Kier alpha value is -1.10. The van der Waals surface area contributed by atoms with Gasteiger partial charge in [0.1, 0.15) is 0 Å². The van der Waals surface area contributed by atoms with E-state index in [0.717, 1.165) is 29.8 Å². The number of ether oxygens (including phenoxy) is 1. The zero-order valence-electron chi connectivity index (χ0n) is 11.3. The maximum Gasteiger partial charge on any atom is 0.167 e. The summed E-state index contributed by atoms with van der Waals surface area (Å²) >= 11 is 11.8. The lowest BCUT2D eigenvalue weighted by Gasteiger charge is -2.36. The first-order valence-corrected chi connectivity index (χ1v) is 7.32. The van der Waals surface area contributed by atoms with E-state index >= 15 is 0 Å². The maximum absolute atomic E-state index is 5.93. The molecule has 20 heavy (non-hydrogen) atoms. The molecule has 4 nitrogen and oxygen atoms in total. The molecule has 106 valence electrons. The zero-order valence-corrected chi connectivity index (χ0v) is 12.8. The quantitative estimate of drug-likeness (QED) is 0.807. The van der Waals surface area contributed by atoms with Gasteiger partial charge in [-0.15, -0.1) is 0 Å². The molecule has 2 aromatic rings. The zero-order chi connectivity index (χ0) is 14.3. The molecule has 1 aromatic heterocycles. The first-order chi connectivity index (χ1) is 9.52. The van der Waals surface area contributed by atoms with Crippen molar-refractivity contribution in [1.82, 2.24) is 9.97 Å². The molecule has 0 N–H and O–H groups in total. The Morgan fingerprint density at radius 3 is 2.30 bits per heavy atom. The summed E-state index contributed by atoms with van der Waals surface area (Å²) < 4.78 is 5.75. The van der Waals surface area contributed by atoms with Crippen LogP contribution in [0.15, 0.2) is 18.2 Å². The van der Waals surface area contributed by atoms with Crippen molar-refractivity contribution < 1.29 is 4.74 Å². The Morgan fingerprint density at radius 1 is 1.05 bits per heavy atom. The normalized spacial score (nSPS) is 23.3. The average molecular weight is 312 g/mol. The highest BCUT2D eigenvalue weighted by molar-refractivity contribution is 6.40. The predicted molar refractivity (Wildman–Crippen MR) is 81.8 cm³/mol. The maximum atomic E-state index is 5.93. The second kappa shape index (κ2) is 5.35. The molecule has 6 heteroatoms. The number of anilines is 1. The van der Waals surface area contributed by atoms with E-state index in [0.29, 0.717) is 0 Å². The fraction of sp³-hybridized carbons (Fsp3) is 0.429. The van der Waals surface area contributed by atoms with Gasteiger partial charge in [0.05, 0.1) is 23.2 Å². The van der Waals surface area contributed by atoms with Crippen LogP contribution in [0.4, 0.5) is 5.69 Å². The molecule has 0 radical (unpaired) electrons. The largest absolute Gasteiger partial charge is 0.372 e. The molecule has 0 bridgehead atoms. The van der Waals surface area contributed by atoms with Gasteiger partial charge in [0, 0.05) is 18.8 Å². The third-order valence-corrected chi connectivity index (χ3v) is 3.97. The van der Waals surface area contributed by atoms with Crippen LogP contribution in [0.1, 0.15) is 13.8 Å². The predicted octanol–water partition coefficient (Wildman–Crippen LogP) is 3.55. The monoisotopic (exact) mass is 311 g/mol. The molecule has 2 unspecified atom stereocenters. The molecular weight excluding hydrogens is 297 g/mol. The molecule has 0 amide bonds. The molecule has 0 saturated carbocycles. The van der Waals surface area contributed by atoms with Crippen LogP contribution in [0.3, 0.4) is 0 Å². The van der Waals surface area contributed by atoms with Crippen molar-refractivity contribution in [2.75, 3.05) is 18.0 Å². The summed E-state index contributed by atoms with van der Waals surface area (Å²) in [6.45, 7) is 5.90. The van der Waals surface area contributed by atoms with Crippen LogP contribution in [0.5, 0.6) is 0 Å². The van der Waals surface area contributed by atoms with Gasteiger partial charge in [-0.25, -0.2) is 9.97 Å². The van der Waals surface area contributed by atoms with Gasteiger partial charge in [-0.2, -0.15) is 0 Å². The van der Waals surface area contributed by atoms with E-state index in [1.165, 1.54) is 0 Å². The van der Waals surface area contributed by atoms with Crippen molar-refractivity contribution >= 4 is 39.9 Å². The topological polar surface area (TPSA) is 38.2 Å². The van der Waals surface area contributed by atoms with Crippen molar-refractivity contribution in [2.24, 2.45) is 0 Å². The van der Waals surface area contributed by atoms with Gasteiger partial charge in [0.25, 0.3) is 0 Å². The minimum atomic E-state index is 0.217. The summed E-state index contributed by atoms with van der Waals surface area (Å²) in [6.07, 6.45) is 0.434. The van der Waals surface area contributed by atoms with Crippen LogP contribution in [0.2, 0.25) is 10.3 Å². The summed E-state index contributed by atoms with van der Waals surface area (Å²) in [6, 6.07) is 5.95. The van der Waals surface area contributed by atoms with Gasteiger partial charge in [-0.3, -0.25) is 0 Å². The summed E-state index contributed by atoms with van der Waals surface area (Å²) in [5.41, 5.74) is 2.60. The second-order valence-electron chi connectivity index (χ2n) is 5.14. The molecule has 3 rings (SSSR count). The van der Waals surface area contributed by atoms with Gasteiger partial charge >= 0.3 is 0 Å². The number of benzene rings is 1. The van der Waals surface area contributed by atoms with Crippen LogP contribution in [-0.4, -0.2) is 35.3 Å². The van der Waals surface area contributed by atoms with Gasteiger partial charge in [-0.1, -0.05) is 23.2 Å². The number of nitrogens with zero attached hydrogens (tertiary/aromatic N) is 3. The number of aromatic nitrogens is 2. The first kappa shape index (κ1) is 13.9. The fourth-order valence-electron chi connectivity index (χ4n) is 2.59. The van der Waals surface area contributed by atoms with Crippen LogP contribution in [-0.2, 0) is 4.74 Å². The standard InChI is InChI=1S/C14H15Cl2N3O/c1-8-6-19(7-9(2)20-8)10-3-4-11-12(5-10)18-14(16)13(15)17-11/h3-5,8-9H,6-7H2,1-2H3. The molecule has 2 heterocycles. The minimum Gasteiger partial charge on any atom is -0.372 e. The van der Waals surface area contributed by atoms with Crippen LogP contribution in [0.25, 0.3) is 11.0 Å². The number of hydrogen-bond acceptors (Lipinski definition) is 4. The SMILES string of the molecule is CC1CN(c2ccc3nc(Cl)c(Cl)nc3c2)CC(C)O1. The highest BCUT2D eigenvalue weighted by Crippen LogP contribution is 2.26. The van der Waals surface area contributed by atoms with Crippen LogP contribution in [0, 0.1) is 0 Å². The Kier molecular flexibility index (Phi) is 3.71. The molecule has 0 spiro atoms. The smallest absolute Gasteiger partial charge is 0.167 e. The van der Waals surface area contributed by atoms with E-state index in [-0.39, 0.29) is 22.5 Å². The van der Waals surface area contributed by atoms with E-state index in [9.17, 15) is 0 Å². The van der Waals surface area contributed by atoms with Crippen molar-refractivity contribution in [3.05, 3.63) is 28.5 Å². The Labute approximate surface area is 127 Å². The van der Waals surface area contributed by atoms with E-state index in [4.69, 9.17) is 27.9 Å². The van der Waals surface area contributed by atoms with Crippen LogP contribution >= 0.6 is 23.2 Å². The second-order valence-corrected chi connectivity index (χ2v) is 5.86. The summed E-state index contributed by atoms with van der Waals surface area (Å²) in [5, 5.41) is 0.473. The number of hydrogen-bond donors (Lipinski definition) is 0. The van der Waals surface area contributed by atoms with Crippen molar-refractivity contribution in [1.29, 1.82) is 0 Å². The van der Waals surface area contributed by atoms with E-state index in [2.05, 4.69) is 28.7 Å². The lowest BCUT2D eigenvalue weighted by atomic mass is 10.2. The Morgan fingerprint density at radius 2 is 1.65 bits per heavy atom. The molecule has 2 atom stereocenters. The molecule has 1 aliphatic heterocycles. The number of halogens is 2. The van der Waals surface area contributed by atoms with Crippen molar-refractivity contribution in [3.8, 4) is 0 Å². The number of morpholine rings is 1. The van der Waals surface area contributed by atoms with Gasteiger partial charge < -0.3 is 9.64 Å². The highest BCUT2D eigenvalue weighted by atomic mass is 35.5. The summed E-state index contributed by atoms with van der Waals surface area (Å²) in [5.74, 6) is 0. The molecule has 1 aliphatic rings.